The predicted molar refractivity (Wildman–Crippen MR) is 101 cm³/mol. The summed E-state index contributed by atoms with van der Waals surface area (Å²) < 4.78 is 5.76. The molecule has 132 valence electrons. The molecule has 4 nitrogen and oxygen atoms in total. The summed E-state index contributed by atoms with van der Waals surface area (Å²) in [5.74, 6) is 0.0557. The number of aliphatic carboxylic acids is 1. The van der Waals surface area contributed by atoms with Gasteiger partial charge in [0.1, 0.15) is 18.4 Å². The fourth-order valence-electron chi connectivity index (χ4n) is 2.41. The van der Waals surface area contributed by atoms with Gasteiger partial charge in [-0.05, 0) is 29.2 Å². The van der Waals surface area contributed by atoms with Gasteiger partial charge >= 0.3 is 5.97 Å². The van der Waals surface area contributed by atoms with Crippen LogP contribution in [0.5, 0.6) is 5.75 Å². The predicted octanol–water partition coefficient (Wildman–Crippen LogP) is 3.98. The van der Waals surface area contributed by atoms with Crippen molar-refractivity contribution >= 4 is 12.0 Å². The summed E-state index contributed by atoms with van der Waals surface area (Å²) >= 11 is 0. The van der Waals surface area contributed by atoms with E-state index in [9.17, 15) is 4.79 Å². The second-order valence-corrected chi connectivity index (χ2v) is 6.21. The van der Waals surface area contributed by atoms with E-state index >= 15 is 0 Å². The van der Waals surface area contributed by atoms with Gasteiger partial charge in [-0.25, -0.2) is 0 Å². The molecule has 0 bridgehead atoms. The summed E-state index contributed by atoms with van der Waals surface area (Å²) in [4.78, 5) is 11.1. The molecule has 2 N–H and O–H groups in total. The molecule has 4 heteroatoms. The van der Waals surface area contributed by atoms with Crippen molar-refractivity contribution in [3.05, 3.63) is 71.8 Å². The van der Waals surface area contributed by atoms with Gasteiger partial charge in [-0.1, -0.05) is 68.5 Å². The minimum absolute atomic E-state index is 0.0481. The maximum atomic E-state index is 11.1. The summed E-state index contributed by atoms with van der Waals surface area (Å²) in [6.07, 6.45) is 3.89. The van der Waals surface area contributed by atoms with Crippen LogP contribution in [-0.4, -0.2) is 23.7 Å². The molecular weight excluding hydrogens is 314 g/mol. The Kier molecular flexibility index (Phi) is 7.23. The van der Waals surface area contributed by atoms with Gasteiger partial charge in [-0.2, -0.15) is 0 Å². The Hall–Kier alpha value is -2.59. The largest absolute Gasteiger partial charge is 0.489 e. The van der Waals surface area contributed by atoms with E-state index in [0.717, 1.165) is 16.9 Å². The first kappa shape index (κ1) is 18.7. The Morgan fingerprint density at radius 3 is 2.40 bits per heavy atom. The Morgan fingerprint density at radius 2 is 1.80 bits per heavy atom. The van der Waals surface area contributed by atoms with Crippen LogP contribution >= 0.6 is 0 Å². The molecule has 1 atom stereocenters. The van der Waals surface area contributed by atoms with E-state index in [1.807, 2.05) is 80.6 Å². The molecule has 0 aliphatic rings. The van der Waals surface area contributed by atoms with Gasteiger partial charge < -0.3 is 15.2 Å². The number of rotatable bonds is 9. The van der Waals surface area contributed by atoms with E-state index in [-0.39, 0.29) is 5.92 Å². The molecule has 0 aliphatic carbocycles. The molecule has 25 heavy (non-hydrogen) atoms. The molecule has 0 aliphatic heterocycles. The van der Waals surface area contributed by atoms with E-state index in [1.165, 1.54) is 0 Å². The third kappa shape index (κ3) is 6.43. The highest BCUT2D eigenvalue weighted by atomic mass is 16.5. The third-order valence-corrected chi connectivity index (χ3v) is 3.83. The van der Waals surface area contributed by atoms with Crippen molar-refractivity contribution in [3.8, 4) is 5.75 Å². The minimum Gasteiger partial charge on any atom is -0.489 e. The van der Waals surface area contributed by atoms with E-state index in [2.05, 4.69) is 5.32 Å². The van der Waals surface area contributed by atoms with Crippen molar-refractivity contribution in [2.75, 3.05) is 6.54 Å². The SMILES string of the molecule is CC(C)[C@H](NC/C=C/c1ccc(OCc2ccccc2)cc1)C(=O)O. The van der Waals surface area contributed by atoms with E-state index in [0.29, 0.717) is 13.2 Å². The van der Waals surface area contributed by atoms with Gasteiger partial charge in [-0.15, -0.1) is 0 Å². The number of ether oxygens (including phenoxy) is 1. The lowest BCUT2D eigenvalue weighted by atomic mass is 10.1. The fourth-order valence-corrected chi connectivity index (χ4v) is 2.41. The first-order valence-electron chi connectivity index (χ1n) is 8.46. The van der Waals surface area contributed by atoms with Crippen LogP contribution in [0, 0.1) is 5.92 Å². The molecule has 0 saturated carbocycles. The van der Waals surface area contributed by atoms with Gasteiger partial charge in [0.25, 0.3) is 0 Å². The Bertz CT molecular complexity index is 678. The molecule has 0 heterocycles. The second-order valence-electron chi connectivity index (χ2n) is 6.21. The minimum atomic E-state index is -0.816. The monoisotopic (exact) mass is 339 g/mol. The quantitative estimate of drug-likeness (QED) is 0.725. The van der Waals surface area contributed by atoms with E-state index < -0.39 is 12.0 Å². The normalized spacial score (nSPS) is 12.4. The summed E-state index contributed by atoms with van der Waals surface area (Å²) in [5, 5.41) is 12.2. The highest BCUT2D eigenvalue weighted by Crippen LogP contribution is 2.15. The van der Waals surface area contributed by atoms with Crippen LogP contribution in [0.15, 0.2) is 60.7 Å². The molecule has 2 aromatic carbocycles. The summed E-state index contributed by atoms with van der Waals surface area (Å²) in [7, 11) is 0. The maximum absolute atomic E-state index is 11.1. The number of hydrogen-bond acceptors (Lipinski definition) is 3. The van der Waals surface area contributed by atoms with Gasteiger partial charge in [0, 0.05) is 6.54 Å². The molecular formula is C21H25NO3. The number of carboxylic acid groups (broad SMARTS) is 1. The van der Waals surface area contributed by atoms with Crippen LogP contribution in [0.4, 0.5) is 0 Å². The van der Waals surface area contributed by atoms with Crippen molar-refractivity contribution in [1.82, 2.24) is 5.32 Å². The van der Waals surface area contributed by atoms with Gasteiger partial charge in [0.05, 0.1) is 0 Å². The van der Waals surface area contributed by atoms with Crippen LogP contribution in [0.25, 0.3) is 6.08 Å². The molecule has 0 spiro atoms. The highest BCUT2D eigenvalue weighted by Gasteiger charge is 2.19. The molecule has 0 aromatic heterocycles. The molecule has 0 saturated heterocycles. The van der Waals surface area contributed by atoms with Crippen LogP contribution in [0.2, 0.25) is 0 Å². The maximum Gasteiger partial charge on any atom is 0.320 e. The summed E-state index contributed by atoms with van der Waals surface area (Å²) in [5.41, 5.74) is 2.18. The zero-order valence-corrected chi connectivity index (χ0v) is 14.7. The molecule has 2 aromatic rings. The molecule has 2 rings (SSSR count). The smallest absolute Gasteiger partial charge is 0.320 e. The van der Waals surface area contributed by atoms with Gasteiger partial charge in [0.2, 0.25) is 0 Å². The average Bonchev–Trinajstić information content (AvgIpc) is 2.61. The van der Waals surface area contributed by atoms with Crippen LogP contribution in [-0.2, 0) is 11.4 Å². The lowest BCUT2D eigenvalue weighted by Crippen LogP contribution is -2.40. The fraction of sp³-hybridized carbons (Fsp3) is 0.286. The highest BCUT2D eigenvalue weighted by molar-refractivity contribution is 5.73. The summed E-state index contributed by atoms with van der Waals surface area (Å²) in [6, 6.07) is 17.3. The van der Waals surface area contributed by atoms with Crippen molar-refractivity contribution in [2.24, 2.45) is 5.92 Å². The number of nitrogens with one attached hydrogen (secondary N) is 1. The van der Waals surface area contributed by atoms with E-state index in [4.69, 9.17) is 9.84 Å². The molecule has 0 unspecified atom stereocenters. The molecule has 0 radical (unpaired) electrons. The number of benzene rings is 2. The van der Waals surface area contributed by atoms with Crippen molar-refractivity contribution in [1.29, 1.82) is 0 Å². The van der Waals surface area contributed by atoms with Crippen molar-refractivity contribution in [2.45, 2.75) is 26.5 Å². The lowest BCUT2D eigenvalue weighted by Gasteiger charge is -2.16. The van der Waals surface area contributed by atoms with Crippen molar-refractivity contribution in [3.63, 3.8) is 0 Å². The first-order chi connectivity index (χ1) is 12.1. The first-order valence-corrected chi connectivity index (χ1v) is 8.46. The average molecular weight is 339 g/mol. The van der Waals surface area contributed by atoms with Gasteiger partial charge in [0.15, 0.2) is 0 Å². The second kappa shape index (κ2) is 9.64. The standard InChI is InChI=1S/C21H25NO3/c1-16(2)20(21(23)24)22-14-6-9-17-10-12-19(13-11-17)25-15-18-7-4-3-5-8-18/h3-13,16,20,22H,14-15H2,1-2H3,(H,23,24)/b9-6+/t20-/m0/s1. The zero-order chi connectivity index (χ0) is 18.1. The summed E-state index contributed by atoms with van der Waals surface area (Å²) in [6.45, 7) is 4.85. The van der Waals surface area contributed by atoms with Crippen LogP contribution in [0.3, 0.4) is 0 Å². The topological polar surface area (TPSA) is 58.6 Å². The third-order valence-electron chi connectivity index (χ3n) is 3.83. The number of carboxylic acids is 1. The van der Waals surface area contributed by atoms with Crippen LogP contribution in [0.1, 0.15) is 25.0 Å². The number of carbonyl (C=O) groups is 1. The van der Waals surface area contributed by atoms with Gasteiger partial charge in [-0.3, -0.25) is 4.79 Å². The Balaban J connectivity index is 1.80. The molecule has 0 fully saturated rings. The van der Waals surface area contributed by atoms with Crippen molar-refractivity contribution < 1.29 is 14.6 Å². The Labute approximate surface area is 149 Å². The number of hydrogen-bond donors (Lipinski definition) is 2. The zero-order valence-electron chi connectivity index (χ0n) is 14.7. The molecule has 0 amide bonds. The Morgan fingerprint density at radius 1 is 1.12 bits per heavy atom. The van der Waals surface area contributed by atoms with Crippen LogP contribution < -0.4 is 10.1 Å². The lowest BCUT2D eigenvalue weighted by molar-refractivity contribution is -0.140. The van der Waals surface area contributed by atoms with E-state index in [1.54, 1.807) is 0 Å².